The summed E-state index contributed by atoms with van der Waals surface area (Å²) in [6, 6.07) is 5.60. The standard InChI is InChI=1S/C14H20BrNO2S/c1-10-4-5-11(2)14(8-10)19(17,18)16-7-6-13(15)12(3)9-16/h4-5,8,12-13H,6-7,9H2,1-3H3. The van der Waals surface area contributed by atoms with E-state index >= 15 is 0 Å². The first-order valence-corrected chi connectivity index (χ1v) is 8.89. The van der Waals surface area contributed by atoms with Crippen molar-refractivity contribution in [1.29, 1.82) is 0 Å². The summed E-state index contributed by atoms with van der Waals surface area (Å²) in [4.78, 5) is 0.866. The molecule has 0 aromatic heterocycles. The number of aryl methyl sites for hydroxylation is 2. The monoisotopic (exact) mass is 345 g/mol. The van der Waals surface area contributed by atoms with E-state index in [-0.39, 0.29) is 0 Å². The Bertz CT molecular complexity index is 571. The number of halogens is 1. The molecule has 1 aromatic carbocycles. The molecule has 0 saturated carbocycles. The first-order chi connectivity index (χ1) is 8.82. The summed E-state index contributed by atoms with van der Waals surface area (Å²) in [5, 5.41) is 0. The number of piperidine rings is 1. The van der Waals surface area contributed by atoms with E-state index in [4.69, 9.17) is 0 Å². The highest BCUT2D eigenvalue weighted by atomic mass is 79.9. The third-order valence-corrected chi connectivity index (χ3v) is 7.09. The summed E-state index contributed by atoms with van der Waals surface area (Å²) in [7, 11) is -3.36. The molecule has 0 amide bonds. The van der Waals surface area contributed by atoms with Gasteiger partial charge in [-0.1, -0.05) is 35.0 Å². The molecule has 0 aliphatic carbocycles. The predicted octanol–water partition coefficient (Wildman–Crippen LogP) is 3.10. The maximum Gasteiger partial charge on any atom is 0.243 e. The third-order valence-electron chi connectivity index (χ3n) is 3.72. The van der Waals surface area contributed by atoms with Crippen LogP contribution in [0.1, 0.15) is 24.5 Å². The van der Waals surface area contributed by atoms with Crippen molar-refractivity contribution in [1.82, 2.24) is 4.31 Å². The minimum Gasteiger partial charge on any atom is -0.207 e. The number of benzene rings is 1. The molecule has 3 nitrogen and oxygen atoms in total. The van der Waals surface area contributed by atoms with Crippen molar-refractivity contribution in [2.24, 2.45) is 5.92 Å². The summed E-state index contributed by atoms with van der Waals surface area (Å²) in [6.07, 6.45) is 0.866. The van der Waals surface area contributed by atoms with Gasteiger partial charge >= 0.3 is 0 Å². The van der Waals surface area contributed by atoms with Gasteiger partial charge in [0.2, 0.25) is 10.0 Å². The van der Waals surface area contributed by atoms with Crippen LogP contribution in [0.5, 0.6) is 0 Å². The molecular formula is C14H20BrNO2S. The van der Waals surface area contributed by atoms with E-state index < -0.39 is 10.0 Å². The Kier molecular flexibility index (Phi) is 4.38. The molecule has 0 radical (unpaired) electrons. The molecule has 0 N–H and O–H groups in total. The van der Waals surface area contributed by atoms with Crippen molar-refractivity contribution in [3.8, 4) is 0 Å². The lowest BCUT2D eigenvalue weighted by Crippen LogP contribution is -2.43. The quantitative estimate of drug-likeness (QED) is 0.772. The van der Waals surface area contributed by atoms with Crippen LogP contribution in [0.25, 0.3) is 0 Å². The van der Waals surface area contributed by atoms with Crippen LogP contribution in [0, 0.1) is 19.8 Å². The van der Waals surface area contributed by atoms with Crippen molar-refractivity contribution < 1.29 is 8.42 Å². The summed E-state index contributed by atoms with van der Waals surface area (Å²) < 4.78 is 27.1. The summed E-state index contributed by atoms with van der Waals surface area (Å²) >= 11 is 3.61. The van der Waals surface area contributed by atoms with E-state index in [2.05, 4.69) is 22.9 Å². The van der Waals surface area contributed by atoms with Gasteiger partial charge in [-0.15, -0.1) is 0 Å². The highest BCUT2D eigenvalue weighted by molar-refractivity contribution is 9.09. The van der Waals surface area contributed by atoms with E-state index in [9.17, 15) is 8.42 Å². The fourth-order valence-corrected chi connectivity index (χ4v) is 4.66. The summed E-state index contributed by atoms with van der Waals surface area (Å²) in [5.74, 6) is 0.341. The predicted molar refractivity (Wildman–Crippen MR) is 81.2 cm³/mol. The van der Waals surface area contributed by atoms with Crippen LogP contribution in [0.4, 0.5) is 0 Å². The smallest absolute Gasteiger partial charge is 0.207 e. The van der Waals surface area contributed by atoms with Crippen molar-refractivity contribution in [2.45, 2.75) is 36.9 Å². The Hall–Kier alpha value is -0.390. The minimum atomic E-state index is -3.36. The molecule has 1 fully saturated rings. The van der Waals surface area contributed by atoms with Gasteiger partial charge in [0.1, 0.15) is 0 Å². The minimum absolute atomic E-state index is 0.341. The van der Waals surface area contributed by atoms with E-state index in [1.165, 1.54) is 0 Å². The maximum atomic E-state index is 12.7. The van der Waals surface area contributed by atoms with Crippen LogP contribution >= 0.6 is 15.9 Å². The first-order valence-electron chi connectivity index (χ1n) is 6.54. The maximum absolute atomic E-state index is 12.7. The SMILES string of the molecule is Cc1ccc(C)c(S(=O)(=O)N2CCC(Br)C(C)C2)c1. The van der Waals surface area contributed by atoms with Gasteiger partial charge in [-0.3, -0.25) is 0 Å². The molecule has 2 atom stereocenters. The topological polar surface area (TPSA) is 37.4 Å². The van der Waals surface area contributed by atoms with Gasteiger partial charge in [0, 0.05) is 17.9 Å². The molecule has 1 aliphatic rings. The average Bonchev–Trinajstić information content (AvgIpc) is 2.35. The molecule has 0 bridgehead atoms. The van der Waals surface area contributed by atoms with Gasteiger partial charge in [0.05, 0.1) is 4.90 Å². The van der Waals surface area contributed by atoms with Crippen molar-refractivity contribution in [2.75, 3.05) is 13.1 Å². The van der Waals surface area contributed by atoms with Gasteiger partial charge in [0.25, 0.3) is 0 Å². The van der Waals surface area contributed by atoms with E-state index in [1.807, 2.05) is 26.0 Å². The molecule has 0 spiro atoms. The molecule has 5 heteroatoms. The van der Waals surface area contributed by atoms with Crippen LogP contribution in [0.3, 0.4) is 0 Å². The average molecular weight is 346 g/mol. The molecule has 106 valence electrons. The zero-order chi connectivity index (χ0) is 14.2. The van der Waals surface area contributed by atoms with Crippen molar-refractivity contribution >= 4 is 26.0 Å². The van der Waals surface area contributed by atoms with Gasteiger partial charge in [-0.05, 0) is 43.4 Å². The van der Waals surface area contributed by atoms with Crippen LogP contribution in [0.2, 0.25) is 0 Å². The summed E-state index contributed by atoms with van der Waals surface area (Å²) in [5.41, 5.74) is 1.80. The third kappa shape index (κ3) is 3.03. The fourth-order valence-electron chi connectivity index (χ4n) is 2.42. The van der Waals surface area contributed by atoms with Gasteiger partial charge < -0.3 is 0 Å². The van der Waals surface area contributed by atoms with Crippen molar-refractivity contribution in [3.63, 3.8) is 0 Å². The molecule has 19 heavy (non-hydrogen) atoms. The van der Waals surface area contributed by atoms with Gasteiger partial charge in [0.15, 0.2) is 0 Å². The molecule has 1 saturated heterocycles. The van der Waals surface area contributed by atoms with Crippen LogP contribution in [-0.2, 0) is 10.0 Å². The molecular weight excluding hydrogens is 326 g/mol. The molecule has 1 heterocycles. The number of hydrogen-bond acceptors (Lipinski definition) is 2. The Morgan fingerprint density at radius 3 is 2.63 bits per heavy atom. The lowest BCUT2D eigenvalue weighted by molar-refractivity contribution is 0.291. The lowest BCUT2D eigenvalue weighted by Gasteiger charge is -2.33. The molecule has 1 aromatic rings. The second-order valence-electron chi connectivity index (χ2n) is 5.41. The number of sulfonamides is 1. The Morgan fingerprint density at radius 2 is 2.00 bits per heavy atom. The number of hydrogen-bond donors (Lipinski definition) is 0. The number of rotatable bonds is 2. The van der Waals surface area contributed by atoms with E-state index in [0.29, 0.717) is 28.7 Å². The zero-order valence-electron chi connectivity index (χ0n) is 11.6. The second-order valence-corrected chi connectivity index (χ2v) is 8.50. The van der Waals surface area contributed by atoms with E-state index in [1.54, 1.807) is 10.4 Å². The second kappa shape index (κ2) is 5.54. The Morgan fingerprint density at radius 1 is 1.32 bits per heavy atom. The fraction of sp³-hybridized carbons (Fsp3) is 0.571. The van der Waals surface area contributed by atoms with Gasteiger partial charge in [-0.25, -0.2) is 8.42 Å². The lowest BCUT2D eigenvalue weighted by atomic mass is 10.0. The highest BCUT2D eigenvalue weighted by Crippen LogP contribution is 2.29. The van der Waals surface area contributed by atoms with Crippen LogP contribution in [0.15, 0.2) is 23.1 Å². The molecule has 2 rings (SSSR count). The zero-order valence-corrected chi connectivity index (χ0v) is 14.0. The number of alkyl halides is 1. The normalized spacial score (nSPS) is 25.5. The molecule has 1 aliphatic heterocycles. The Labute approximate surface area is 124 Å². The van der Waals surface area contributed by atoms with Gasteiger partial charge in [-0.2, -0.15) is 4.31 Å². The molecule has 2 unspecified atom stereocenters. The highest BCUT2D eigenvalue weighted by Gasteiger charge is 2.33. The van der Waals surface area contributed by atoms with Crippen LogP contribution in [-0.4, -0.2) is 30.6 Å². The van der Waals surface area contributed by atoms with Crippen molar-refractivity contribution in [3.05, 3.63) is 29.3 Å². The first kappa shape index (κ1) is 15.0. The summed E-state index contributed by atoms with van der Waals surface area (Å²) in [6.45, 7) is 7.05. The largest absolute Gasteiger partial charge is 0.243 e. The Balaban J connectivity index is 2.35. The van der Waals surface area contributed by atoms with E-state index in [0.717, 1.165) is 17.5 Å². The number of nitrogens with zero attached hydrogens (tertiary/aromatic N) is 1. The van der Waals surface area contributed by atoms with Crippen LogP contribution < -0.4 is 0 Å².